The van der Waals surface area contributed by atoms with Crippen LogP contribution < -0.4 is 5.32 Å². The van der Waals surface area contributed by atoms with Crippen molar-refractivity contribution in [3.8, 4) is 0 Å². The highest BCUT2D eigenvalue weighted by molar-refractivity contribution is 5.00. The van der Waals surface area contributed by atoms with E-state index in [1.165, 1.54) is 32.1 Å². The van der Waals surface area contributed by atoms with Crippen molar-refractivity contribution < 1.29 is 4.74 Å². The predicted octanol–water partition coefficient (Wildman–Crippen LogP) is 2.33. The molecule has 1 aliphatic carbocycles. The lowest BCUT2D eigenvalue weighted by Gasteiger charge is -2.30. The maximum Gasteiger partial charge on any atom is 0.0786 e. The zero-order chi connectivity index (χ0) is 10.2. The van der Waals surface area contributed by atoms with Crippen molar-refractivity contribution in [2.45, 2.75) is 57.2 Å². The molecule has 0 bridgehead atoms. The summed E-state index contributed by atoms with van der Waals surface area (Å²) >= 11 is 0. The summed E-state index contributed by atoms with van der Waals surface area (Å²) in [5, 5.41) is 3.24. The molecular weight excluding hydrogens is 174 g/mol. The monoisotopic (exact) mass is 197 g/mol. The first-order valence-electron chi connectivity index (χ1n) is 5.92. The smallest absolute Gasteiger partial charge is 0.0786 e. The fourth-order valence-corrected chi connectivity index (χ4v) is 3.28. The van der Waals surface area contributed by atoms with Gasteiger partial charge >= 0.3 is 0 Å². The van der Waals surface area contributed by atoms with Crippen LogP contribution in [0.3, 0.4) is 0 Å². The van der Waals surface area contributed by atoms with Crippen molar-refractivity contribution in [1.82, 2.24) is 5.32 Å². The number of rotatable bonds is 2. The molecule has 3 unspecified atom stereocenters. The van der Waals surface area contributed by atoms with Crippen LogP contribution in [0.1, 0.15) is 46.0 Å². The largest absolute Gasteiger partial charge is 0.368 e. The van der Waals surface area contributed by atoms with E-state index in [1.54, 1.807) is 0 Å². The Morgan fingerprint density at radius 3 is 2.71 bits per heavy atom. The third-order valence-corrected chi connectivity index (χ3v) is 3.94. The first-order chi connectivity index (χ1) is 6.58. The van der Waals surface area contributed by atoms with E-state index in [4.69, 9.17) is 4.74 Å². The van der Waals surface area contributed by atoms with Gasteiger partial charge in [-0.1, -0.05) is 6.92 Å². The Hall–Kier alpha value is -0.0800. The molecule has 1 aliphatic heterocycles. The van der Waals surface area contributed by atoms with Gasteiger partial charge in [-0.05, 0) is 52.0 Å². The van der Waals surface area contributed by atoms with Gasteiger partial charge in [-0.3, -0.25) is 0 Å². The van der Waals surface area contributed by atoms with Crippen molar-refractivity contribution in [3.63, 3.8) is 0 Å². The molecular formula is C12H23NO. The van der Waals surface area contributed by atoms with Crippen LogP contribution >= 0.6 is 0 Å². The lowest BCUT2D eigenvalue weighted by Crippen LogP contribution is -2.39. The Labute approximate surface area is 87.4 Å². The van der Waals surface area contributed by atoms with Crippen molar-refractivity contribution in [3.05, 3.63) is 0 Å². The second kappa shape index (κ2) is 3.49. The minimum atomic E-state index is 0.0960. The van der Waals surface area contributed by atoms with Crippen molar-refractivity contribution in [2.24, 2.45) is 5.92 Å². The standard InChI is InChI=1S/C12H23NO/c1-10-4-5-12(8-10)7-6-11(2,14-12)9-13-3/h10,13H,4-9H2,1-3H3. The Kier molecular flexibility index (Phi) is 2.61. The molecule has 2 heteroatoms. The summed E-state index contributed by atoms with van der Waals surface area (Å²) < 4.78 is 6.35. The number of hydrogen-bond acceptors (Lipinski definition) is 2. The first-order valence-corrected chi connectivity index (χ1v) is 5.92. The third-order valence-electron chi connectivity index (χ3n) is 3.94. The topological polar surface area (TPSA) is 21.3 Å². The van der Waals surface area contributed by atoms with Crippen molar-refractivity contribution >= 4 is 0 Å². The Bertz CT molecular complexity index is 218. The molecule has 0 radical (unpaired) electrons. The summed E-state index contributed by atoms with van der Waals surface area (Å²) in [6.45, 7) is 5.59. The maximum absolute atomic E-state index is 6.35. The van der Waals surface area contributed by atoms with Crippen LogP contribution in [-0.2, 0) is 4.74 Å². The second-order valence-corrected chi connectivity index (χ2v) is 5.61. The van der Waals surface area contributed by atoms with Crippen LogP contribution in [0.5, 0.6) is 0 Å². The molecule has 0 aromatic rings. The normalized spacial score (nSPS) is 47.8. The number of likely N-dealkylation sites (N-methyl/N-ethyl adjacent to an activating group) is 1. The number of hydrogen-bond donors (Lipinski definition) is 1. The molecule has 1 N–H and O–H groups in total. The summed E-state index contributed by atoms with van der Waals surface area (Å²) in [7, 11) is 2.01. The number of ether oxygens (including phenoxy) is 1. The summed E-state index contributed by atoms with van der Waals surface area (Å²) in [6, 6.07) is 0. The molecule has 1 saturated carbocycles. The lowest BCUT2D eigenvalue weighted by molar-refractivity contribution is -0.0902. The zero-order valence-corrected chi connectivity index (χ0v) is 9.73. The highest BCUT2D eigenvalue weighted by atomic mass is 16.5. The molecule has 2 nitrogen and oxygen atoms in total. The van der Waals surface area contributed by atoms with Crippen LogP contribution in [-0.4, -0.2) is 24.8 Å². The lowest BCUT2D eigenvalue weighted by atomic mass is 9.95. The van der Waals surface area contributed by atoms with E-state index in [1.807, 2.05) is 7.05 Å². The summed E-state index contributed by atoms with van der Waals surface area (Å²) in [6.07, 6.45) is 6.42. The molecule has 2 rings (SSSR count). The van der Waals surface area contributed by atoms with Gasteiger partial charge in [-0.15, -0.1) is 0 Å². The van der Waals surface area contributed by atoms with Crippen molar-refractivity contribution in [1.29, 1.82) is 0 Å². The highest BCUT2D eigenvalue weighted by Gasteiger charge is 2.49. The molecule has 0 amide bonds. The van der Waals surface area contributed by atoms with Gasteiger partial charge in [0.2, 0.25) is 0 Å². The predicted molar refractivity (Wildman–Crippen MR) is 58.4 cm³/mol. The van der Waals surface area contributed by atoms with E-state index < -0.39 is 0 Å². The Balaban J connectivity index is 2.00. The van der Waals surface area contributed by atoms with E-state index in [0.717, 1.165) is 12.5 Å². The van der Waals surface area contributed by atoms with Gasteiger partial charge < -0.3 is 10.1 Å². The quantitative estimate of drug-likeness (QED) is 0.733. The van der Waals surface area contributed by atoms with E-state index in [9.17, 15) is 0 Å². The fourth-order valence-electron chi connectivity index (χ4n) is 3.28. The van der Waals surface area contributed by atoms with Crippen LogP contribution in [0.4, 0.5) is 0 Å². The molecule has 2 fully saturated rings. The molecule has 0 aromatic heterocycles. The number of nitrogens with one attached hydrogen (secondary N) is 1. The maximum atomic E-state index is 6.35. The summed E-state index contributed by atoms with van der Waals surface area (Å²) in [5.41, 5.74) is 0.351. The molecule has 14 heavy (non-hydrogen) atoms. The average molecular weight is 197 g/mol. The SMILES string of the molecule is CNCC1(C)CCC2(CCC(C)C2)O1. The van der Waals surface area contributed by atoms with E-state index in [2.05, 4.69) is 19.2 Å². The van der Waals surface area contributed by atoms with Gasteiger partial charge in [0.1, 0.15) is 0 Å². The minimum absolute atomic E-state index is 0.0960. The van der Waals surface area contributed by atoms with Gasteiger partial charge in [0, 0.05) is 6.54 Å². The molecule has 1 heterocycles. The molecule has 82 valence electrons. The van der Waals surface area contributed by atoms with Gasteiger partial charge in [-0.25, -0.2) is 0 Å². The van der Waals surface area contributed by atoms with Gasteiger partial charge in [0.15, 0.2) is 0 Å². The summed E-state index contributed by atoms with van der Waals surface area (Å²) in [4.78, 5) is 0. The highest BCUT2D eigenvalue weighted by Crippen LogP contribution is 2.49. The van der Waals surface area contributed by atoms with E-state index in [0.29, 0.717) is 0 Å². The second-order valence-electron chi connectivity index (χ2n) is 5.61. The van der Waals surface area contributed by atoms with Gasteiger partial charge in [0.05, 0.1) is 11.2 Å². The average Bonchev–Trinajstić information content (AvgIpc) is 2.59. The third kappa shape index (κ3) is 1.82. The van der Waals surface area contributed by atoms with Crippen LogP contribution in [0.2, 0.25) is 0 Å². The van der Waals surface area contributed by atoms with Crippen LogP contribution in [0, 0.1) is 5.92 Å². The molecule has 1 spiro atoms. The summed E-state index contributed by atoms with van der Waals surface area (Å²) in [5.74, 6) is 0.868. The van der Waals surface area contributed by atoms with Gasteiger partial charge in [-0.2, -0.15) is 0 Å². The zero-order valence-electron chi connectivity index (χ0n) is 9.73. The van der Waals surface area contributed by atoms with E-state index >= 15 is 0 Å². The first kappa shape index (κ1) is 10.4. The molecule has 0 aromatic carbocycles. The van der Waals surface area contributed by atoms with Crippen LogP contribution in [0.15, 0.2) is 0 Å². The van der Waals surface area contributed by atoms with E-state index in [-0.39, 0.29) is 11.2 Å². The fraction of sp³-hybridized carbons (Fsp3) is 1.00. The van der Waals surface area contributed by atoms with Crippen molar-refractivity contribution in [2.75, 3.05) is 13.6 Å². The molecule has 1 saturated heterocycles. The van der Waals surface area contributed by atoms with Gasteiger partial charge in [0.25, 0.3) is 0 Å². The molecule has 2 aliphatic rings. The Morgan fingerprint density at radius 2 is 2.14 bits per heavy atom. The van der Waals surface area contributed by atoms with Crippen LogP contribution in [0.25, 0.3) is 0 Å². The Morgan fingerprint density at radius 1 is 1.36 bits per heavy atom. The molecule has 3 atom stereocenters. The minimum Gasteiger partial charge on any atom is -0.368 e.